The molecule has 0 nitrogen and oxygen atoms in total. The number of benzene rings is 1. The summed E-state index contributed by atoms with van der Waals surface area (Å²) in [4.78, 5) is 0. The minimum atomic E-state index is 0.501. The molecule has 1 aromatic carbocycles. The molecule has 0 heteroatoms. The quantitative estimate of drug-likeness (QED) is 0.642. The Morgan fingerprint density at radius 3 is 1.61 bits per heavy atom. The molecule has 4 rings (SSSR count). The summed E-state index contributed by atoms with van der Waals surface area (Å²) >= 11 is 0. The predicted molar refractivity (Wildman–Crippen MR) is 76.0 cm³/mol. The molecule has 0 saturated heterocycles. The van der Waals surface area contributed by atoms with Gasteiger partial charge in [0, 0.05) is 11.8 Å². The van der Waals surface area contributed by atoms with Gasteiger partial charge >= 0.3 is 0 Å². The van der Waals surface area contributed by atoms with E-state index >= 15 is 0 Å². The van der Waals surface area contributed by atoms with Crippen molar-refractivity contribution in [2.24, 2.45) is 11.8 Å². The van der Waals surface area contributed by atoms with Gasteiger partial charge in [-0.25, -0.2) is 0 Å². The smallest absolute Gasteiger partial charge is 0.0131 e. The van der Waals surface area contributed by atoms with Gasteiger partial charge in [-0.3, -0.25) is 0 Å². The first-order valence-electron chi connectivity index (χ1n) is 6.48. The van der Waals surface area contributed by atoms with Crippen LogP contribution in [-0.2, 0) is 0 Å². The first-order valence-corrected chi connectivity index (χ1v) is 6.48. The molecule has 0 aliphatic heterocycles. The summed E-state index contributed by atoms with van der Waals surface area (Å²) in [6.45, 7) is 0. The molecule has 0 spiro atoms. The Hall–Kier alpha value is -2.08. The molecule has 2 unspecified atom stereocenters. The molecule has 86 valence electrons. The van der Waals surface area contributed by atoms with E-state index < -0.39 is 0 Å². The molecule has 0 fully saturated rings. The van der Waals surface area contributed by atoms with Crippen LogP contribution in [0, 0.1) is 11.8 Å². The summed E-state index contributed by atoms with van der Waals surface area (Å²) in [5.74, 6) is 1.00. The van der Waals surface area contributed by atoms with Gasteiger partial charge in [0.2, 0.25) is 0 Å². The normalized spacial score (nSPS) is 26.9. The van der Waals surface area contributed by atoms with Crippen molar-refractivity contribution in [3.05, 3.63) is 83.3 Å². The highest BCUT2D eigenvalue weighted by Gasteiger charge is 2.28. The summed E-state index contributed by atoms with van der Waals surface area (Å²) in [6, 6.07) is 8.77. The molecule has 0 radical (unpaired) electrons. The van der Waals surface area contributed by atoms with E-state index in [0.717, 1.165) is 0 Å². The molecular weight excluding hydrogens is 216 g/mol. The summed E-state index contributed by atoms with van der Waals surface area (Å²) in [5, 5.41) is 2.80. The van der Waals surface area contributed by atoms with Gasteiger partial charge in [0.25, 0.3) is 0 Å². The van der Waals surface area contributed by atoms with Gasteiger partial charge in [-0.2, -0.15) is 0 Å². The van der Waals surface area contributed by atoms with Gasteiger partial charge in [0.1, 0.15) is 0 Å². The minimum absolute atomic E-state index is 0.501. The zero-order chi connectivity index (χ0) is 11.9. The van der Waals surface area contributed by atoms with E-state index in [1.165, 1.54) is 21.6 Å². The van der Waals surface area contributed by atoms with Crippen LogP contribution in [0.5, 0.6) is 0 Å². The summed E-state index contributed by atoms with van der Waals surface area (Å²) in [6.07, 6.45) is 17.8. The van der Waals surface area contributed by atoms with E-state index in [9.17, 15) is 0 Å². The molecule has 0 amide bonds. The standard InChI is InChI=1S/C18H14/c1-2-8-14-13(7-1)15-9-3-4-11-17(15)18-12-6-5-10-16(14)18/h1-13,15H. The zero-order valence-electron chi connectivity index (χ0n) is 10.1. The second kappa shape index (κ2) is 3.71. The van der Waals surface area contributed by atoms with E-state index in [1.54, 1.807) is 0 Å². The Morgan fingerprint density at radius 2 is 1.11 bits per heavy atom. The largest absolute Gasteiger partial charge is 0.0761 e. The highest BCUT2D eigenvalue weighted by Crippen LogP contribution is 2.36. The Labute approximate surface area is 107 Å². The zero-order valence-corrected chi connectivity index (χ0v) is 10.1. The maximum absolute atomic E-state index is 2.33. The number of rotatable bonds is 0. The molecule has 1 aromatic rings. The fourth-order valence-corrected chi connectivity index (χ4v) is 3.27. The van der Waals surface area contributed by atoms with Crippen LogP contribution < -0.4 is 10.4 Å². The monoisotopic (exact) mass is 230 g/mol. The predicted octanol–water partition coefficient (Wildman–Crippen LogP) is 2.49. The van der Waals surface area contributed by atoms with E-state index in [2.05, 4.69) is 72.9 Å². The van der Waals surface area contributed by atoms with E-state index in [-0.39, 0.29) is 0 Å². The van der Waals surface area contributed by atoms with Gasteiger partial charge in [0.15, 0.2) is 0 Å². The van der Waals surface area contributed by atoms with E-state index in [0.29, 0.717) is 11.8 Å². The number of hydrogen-bond acceptors (Lipinski definition) is 0. The number of fused-ring (bicyclic) bond motifs is 4. The van der Waals surface area contributed by atoms with Crippen molar-refractivity contribution >= 4 is 11.1 Å². The molecule has 3 aliphatic rings. The topological polar surface area (TPSA) is 0 Å². The van der Waals surface area contributed by atoms with Gasteiger partial charge in [-0.05, 0) is 21.6 Å². The minimum Gasteiger partial charge on any atom is -0.0761 e. The van der Waals surface area contributed by atoms with Gasteiger partial charge in [-0.15, -0.1) is 0 Å². The van der Waals surface area contributed by atoms with Crippen LogP contribution in [0.15, 0.2) is 72.9 Å². The van der Waals surface area contributed by atoms with E-state index in [4.69, 9.17) is 0 Å². The summed E-state index contributed by atoms with van der Waals surface area (Å²) < 4.78 is 0. The van der Waals surface area contributed by atoms with Crippen molar-refractivity contribution in [2.75, 3.05) is 0 Å². The Bertz CT molecular complexity index is 673. The SMILES string of the molecule is C1=CC2=c3ccccc3=C3C=CC=CC3C2C=C1. The highest BCUT2D eigenvalue weighted by molar-refractivity contribution is 5.76. The van der Waals surface area contributed by atoms with Crippen LogP contribution in [0.4, 0.5) is 0 Å². The third-order valence-electron chi connectivity index (χ3n) is 4.06. The van der Waals surface area contributed by atoms with Crippen molar-refractivity contribution in [1.29, 1.82) is 0 Å². The first kappa shape index (κ1) is 9.90. The van der Waals surface area contributed by atoms with Gasteiger partial charge in [0.05, 0.1) is 0 Å². The lowest BCUT2D eigenvalue weighted by atomic mass is 9.72. The average Bonchev–Trinajstić information content (AvgIpc) is 2.48. The molecular formula is C18H14. The third-order valence-corrected chi connectivity index (χ3v) is 4.06. The Morgan fingerprint density at radius 1 is 0.611 bits per heavy atom. The summed E-state index contributed by atoms with van der Waals surface area (Å²) in [7, 11) is 0. The molecule has 0 N–H and O–H groups in total. The molecule has 2 atom stereocenters. The van der Waals surface area contributed by atoms with Gasteiger partial charge in [-0.1, -0.05) is 72.9 Å². The van der Waals surface area contributed by atoms with Crippen molar-refractivity contribution in [3.8, 4) is 0 Å². The molecule has 0 aromatic heterocycles. The lowest BCUT2D eigenvalue weighted by Gasteiger charge is -2.31. The lowest BCUT2D eigenvalue weighted by molar-refractivity contribution is 0.694. The molecule has 3 aliphatic carbocycles. The molecule has 0 saturated carbocycles. The van der Waals surface area contributed by atoms with Crippen LogP contribution in [0.2, 0.25) is 0 Å². The maximum atomic E-state index is 2.33. The van der Waals surface area contributed by atoms with Crippen molar-refractivity contribution in [2.45, 2.75) is 0 Å². The highest BCUT2D eigenvalue weighted by atomic mass is 14.3. The Kier molecular flexibility index (Phi) is 2.04. The van der Waals surface area contributed by atoms with Crippen molar-refractivity contribution in [3.63, 3.8) is 0 Å². The fourth-order valence-electron chi connectivity index (χ4n) is 3.27. The molecule has 18 heavy (non-hydrogen) atoms. The second-order valence-corrected chi connectivity index (χ2v) is 5.00. The third kappa shape index (κ3) is 1.26. The van der Waals surface area contributed by atoms with Crippen LogP contribution in [0.25, 0.3) is 11.1 Å². The Balaban J connectivity index is 2.18. The molecule has 0 bridgehead atoms. The summed E-state index contributed by atoms with van der Waals surface area (Å²) in [5.41, 5.74) is 2.92. The average molecular weight is 230 g/mol. The van der Waals surface area contributed by atoms with Crippen LogP contribution in [0.1, 0.15) is 0 Å². The van der Waals surface area contributed by atoms with Crippen molar-refractivity contribution < 1.29 is 0 Å². The van der Waals surface area contributed by atoms with Crippen LogP contribution in [-0.4, -0.2) is 0 Å². The van der Waals surface area contributed by atoms with Crippen LogP contribution >= 0.6 is 0 Å². The van der Waals surface area contributed by atoms with E-state index in [1.807, 2.05) is 0 Å². The van der Waals surface area contributed by atoms with Crippen LogP contribution in [0.3, 0.4) is 0 Å². The lowest BCUT2D eigenvalue weighted by Crippen LogP contribution is -2.38. The number of allylic oxidation sites excluding steroid dienone is 8. The van der Waals surface area contributed by atoms with Gasteiger partial charge < -0.3 is 0 Å². The maximum Gasteiger partial charge on any atom is 0.0131 e. The van der Waals surface area contributed by atoms with Crippen molar-refractivity contribution in [1.82, 2.24) is 0 Å². The number of hydrogen-bond donors (Lipinski definition) is 0. The molecule has 0 heterocycles. The fraction of sp³-hybridized carbons (Fsp3) is 0.111. The second-order valence-electron chi connectivity index (χ2n) is 5.00. The first-order chi connectivity index (χ1) is 8.95.